The molecule has 0 unspecified atom stereocenters. The average molecular weight is 443 g/mol. The van der Waals surface area contributed by atoms with Crippen LogP contribution in [0.1, 0.15) is 24.2 Å². The van der Waals surface area contributed by atoms with Gasteiger partial charge in [0, 0.05) is 25.2 Å². The van der Waals surface area contributed by atoms with Crippen molar-refractivity contribution in [1.82, 2.24) is 9.21 Å². The number of carbonyl (C=O) groups is 1. The van der Waals surface area contributed by atoms with Crippen LogP contribution in [0.4, 0.5) is 4.39 Å². The second-order valence-corrected chi connectivity index (χ2v) is 8.63. The Hall–Kier alpha value is -2.16. The van der Waals surface area contributed by atoms with Crippen molar-refractivity contribution in [1.29, 1.82) is 0 Å². The summed E-state index contributed by atoms with van der Waals surface area (Å²) in [5.74, 6) is -0.813. The van der Waals surface area contributed by atoms with Gasteiger partial charge >= 0.3 is 0 Å². The summed E-state index contributed by atoms with van der Waals surface area (Å²) < 4.78 is 46.3. The minimum atomic E-state index is -3.80. The fraction of sp³-hybridized carbons (Fsp3) is 0.350. The monoisotopic (exact) mass is 442 g/mol. The van der Waals surface area contributed by atoms with E-state index in [1.54, 1.807) is 38.1 Å². The number of rotatable bonds is 9. The number of hydrogen-bond acceptors (Lipinski definition) is 4. The SMILES string of the molecule is CCN(CC)S(=O)(=O)c1ccc(F)c(C(=O)N(C)CCOc2ccc(Cl)cc2)c1. The Bertz CT molecular complexity index is 947. The second-order valence-electron chi connectivity index (χ2n) is 6.26. The number of ether oxygens (including phenoxy) is 1. The number of hydrogen-bond donors (Lipinski definition) is 0. The zero-order valence-electron chi connectivity index (χ0n) is 16.6. The first-order chi connectivity index (χ1) is 13.7. The van der Waals surface area contributed by atoms with Gasteiger partial charge in [-0.05, 0) is 42.5 Å². The molecule has 0 saturated carbocycles. The second kappa shape index (κ2) is 10.0. The van der Waals surface area contributed by atoms with E-state index in [1.165, 1.54) is 22.3 Å². The van der Waals surface area contributed by atoms with Crippen LogP contribution in [-0.4, -0.2) is 56.8 Å². The van der Waals surface area contributed by atoms with Crippen LogP contribution >= 0.6 is 11.6 Å². The molecule has 0 aliphatic carbocycles. The molecule has 0 aliphatic heterocycles. The van der Waals surface area contributed by atoms with E-state index < -0.39 is 21.7 Å². The molecule has 9 heteroatoms. The molecular weight excluding hydrogens is 419 g/mol. The van der Waals surface area contributed by atoms with Gasteiger partial charge in [0.15, 0.2) is 0 Å². The number of likely N-dealkylation sites (N-methyl/N-ethyl adjacent to an activating group) is 1. The van der Waals surface area contributed by atoms with Gasteiger partial charge in [0.05, 0.1) is 17.0 Å². The third-order valence-corrected chi connectivity index (χ3v) is 6.67. The van der Waals surface area contributed by atoms with Gasteiger partial charge in [-0.15, -0.1) is 0 Å². The summed E-state index contributed by atoms with van der Waals surface area (Å²) in [7, 11) is -2.30. The topological polar surface area (TPSA) is 66.9 Å². The molecule has 0 aliphatic rings. The van der Waals surface area contributed by atoms with Crippen molar-refractivity contribution in [3.05, 3.63) is 58.9 Å². The van der Waals surface area contributed by atoms with Crippen LogP contribution in [0.2, 0.25) is 5.02 Å². The fourth-order valence-corrected chi connectivity index (χ4v) is 4.29. The van der Waals surface area contributed by atoms with E-state index in [1.807, 2.05) is 0 Å². The number of sulfonamides is 1. The lowest BCUT2D eigenvalue weighted by Crippen LogP contribution is -2.33. The van der Waals surface area contributed by atoms with Crippen LogP contribution in [-0.2, 0) is 10.0 Å². The van der Waals surface area contributed by atoms with E-state index in [-0.39, 0.29) is 36.7 Å². The highest BCUT2D eigenvalue weighted by molar-refractivity contribution is 7.89. The normalized spacial score (nSPS) is 11.5. The number of halogens is 2. The molecule has 2 aromatic carbocycles. The lowest BCUT2D eigenvalue weighted by molar-refractivity contribution is 0.0769. The van der Waals surface area contributed by atoms with Gasteiger partial charge in [-0.1, -0.05) is 25.4 Å². The predicted molar refractivity (Wildman–Crippen MR) is 110 cm³/mol. The lowest BCUT2D eigenvalue weighted by atomic mass is 10.2. The molecule has 0 bridgehead atoms. The van der Waals surface area contributed by atoms with E-state index in [2.05, 4.69) is 0 Å². The minimum absolute atomic E-state index is 0.114. The van der Waals surface area contributed by atoms with E-state index in [4.69, 9.17) is 16.3 Å². The Morgan fingerprint density at radius 3 is 2.31 bits per heavy atom. The van der Waals surface area contributed by atoms with Crippen molar-refractivity contribution in [3.8, 4) is 5.75 Å². The average Bonchev–Trinajstić information content (AvgIpc) is 2.69. The lowest BCUT2D eigenvalue weighted by Gasteiger charge is -2.20. The molecule has 0 spiro atoms. The van der Waals surface area contributed by atoms with Crippen LogP contribution in [0, 0.1) is 5.82 Å². The summed E-state index contributed by atoms with van der Waals surface area (Å²) in [6.45, 7) is 4.36. The van der Waals surface area contributed by atoms with Crippen LogP contribution in [0.15, 0.2) is 47.4 Å². The standard InChI is InChI=1S/C20H24ClFN2O4S/c1-4-24(5-2)29(26,27)17-10-11-19(22)18(14-17)20(25)23(3)12-13-28-16-8-6-15(21)7-9-16/h6-11,14H,4-5,12-13H2,1-3H3. The van der Waals surface area contributed by atoms with Gasteiger partial charge in [0.1, 0.15) is 18.2 Å². The van der Waals surface area contributed by atoms with E-state index in [0.717, 1.165) is 12.1 Å². The first kappa shape index (κ1) is 23.1. The molecule has 0 heterocycles. The van der Waals surface area contributed by atoms with Crippen LogP contribution < -0.4 is 4.74 Å². The van der Waals surface area contributed by atoms with Crippen molar-refractivity contribution in [3.63, 3.8) is 0 Å². The Balaban J connectivity index is 2.11. The molecule has 0 aromatic heterocycles. The first-order valence-corrected chi connectivity index (χ1v) is 11.0. The van der Waals surface area contributed by atoms with Crippen LogP contribution in [0.3, 0.4) is 0 Å². The first-order valence-electron chi connectivity index (χ1n) is 9.14. The quantitative estimate of drug-likeness (QED) is 0.594. The molecule has 6 nitrogen and oxygen atoms in total. The zero-order valence-corrected chi connectivity index (χ0v) is 18.1. The molecule has 0 atom stereocenters. The van der Waals surface area contributed by atoms with Gasteiger partial charge in [0.2, 0.25) is 10.0 Å². The number of benzene rings is 2. The fourth-order valence-electron chi connectivity index (χ4n) is 2.68. The minimum Gasteiger partial charge on any atom is -0.492 e. The van der Waals surface area contributed by atoms with Gasteiger partial charge in [0.25, 0.3) is 5.91 Å². The number of amides is 1. The highest BCUT2D eigenvalue weighted by Crippen LogP contribution is 2.20. The summed E-state index contributed by atoms with van der Waals surface area (Å²) in [5.41, 5.74) is -0.299. The van der Waals surface area contributed by atoms with E-state index in [0.29, 0.717) is 10.8 Å². The predicted octanol–water partition coefficient (Wildman–Crippen LogP) is 3.66. The highest BCUT2D eigenvalue weighted by Gasteiger charge is 2.25. The molecule has 2 rings (SSSR count). The molecule has 0 radical (unpaired) electrons. The van der Waals surface area contributed by atoms with Crippen molar-refractivity contribution in [2.75, 3.05) is 33.3 Å². The molecule has 0 fully saturated rings. The molecule has 1 amide bonds. The molecule has 0 saturated heterocycles. The summed E-state index contributed by atoms with van der Waals surface area (Å²) in [5, 5.41) is 0.583. The van der Waals surface area contributed by atoms with Crippen molar-refractivity contribution in [2.24, 2.45) is 0 Å². The van der Waals surface area contributed by atoms with Crippen LogP contribution in [0.25, 0.3) is 0 Å². The smallest absolute Gasteiger partial charge is 0.256 e. The molecule has 0 N–H and O–H groups in total. The third-order valence-electron chi connectivity index (χ3n) is 4.37. The van der Waals surface area contributed by atoms with Crippen molar-refractivity contribution < 1.29 is 22.3 Å². The Labute approximate surface area is 175 Å². The maximum atomic E-state index is 14.3. The summed E-state index contributed by atoms with van der Waals surface area (Å²) >= 11 is 5.81. The van der Waals surface area contributed by atoms with Gasteiger partial charge in [-0.3, -0.25) is 4.79 Å². The maximum Gasteiger partial charge on any atom is 0.256 e. The summed E-state index contributed by atoms with van der Waals surface area (Å²) in [6, 6.07) is 10.0. The molecular formula is C20H24ClFN2O4S. The molecule has 29 heavy (non-hydrogen) atoms. The number of carbonyl (C=O) groups excluding carboxylic acids is 1. The molecule has 2 aromatic rings. The van der Waals surface area contributed by atoms with Crippen LogP contribution in [0.5, 0.6) is 5.75 Å². The maximum absolute atomic E-state index is 14.3. The van der Waals surface area contributed by atoms with E-state index >= 15 is 0 Å². The van der Waals surface area contributed by atoms with Crippen molar-refractivity contribution in [2.45, 2.75) is 18.7 Å². The molecule has 158 valence electrons. The van der Waals surface area contributed by atoms with E-state index in [9.17, 15) is 17.6 Å². The van der Waals surface area contributed by atoms with Gasteiger partial charge < -0.3 is 9.64 Å². The highest BCUT2D eigenvalue weighted by atomic mass is 35.5. The van der Waals surface area contributed by atoms with Gasteiger partial charge in [-0.2, -0.15) is 4.31 Å². The number of nitrogens with zero attached hydrogens (tertiary/aromatic N) is 2. The Morgan fingerprint density at radius 2 is 1.72 bits per heavy atom. The summed E-state index contributed by atoms with van der Waals surface area (Å²) in [6.07, 6.45) is 0. The van der Waals surface area contributed by atoms with Crippen molar-refractivity contribution >= 4 is 27.5 Å². The zero-order chi connectivity index (χ0) is 21.6. The Morgan fingerprint density at radius 1 is 1.10 bits per heavy atom. The third kappa shape index (κ3) is 5.68. The summed E-state index contributed by atoms with van der Waals surface area (Å²) in [4.78, 5) is 13.8. The Kier molecular flexibility index (Phi) is 8.01. The van der Waals surface area contributed by atoms with Gasteiger partial charge in [-0.25, -0.2) is 12.8 Å². The largest absolute Gasteiger partial charge is 0.492 e.